The van der Waals surface area contributed by atoms with Crippen LogP contribution in [0.15, 0.2) is 0 Å². The summed E-state index contributed by atoms with van der Waals surface area (Å²) in [6.07, 6.45) is 7.04. The average molecular weight is 213 g/mol. The lowest BCUT2D eigenvalue weighted by molar-refractivity contribution is 0.0265. The molecule has 2 heteroatoms. The van der Waals surface area contributed by atoms with E-state index in [2.05, 4.69) is 26.1 Å². The second-order valence-electron chi connectivity index (χ2n) is 5.18. The second kappa shape index (κ2) is 5.86. The van der Waals surface area contributed by atoms with Crippen molar-refractivity contribution in [1.82, 2.24) is 5.32 Å². The lowest BCUT2D eigenvalue weighted by Crippen LogP contribution is -2.46. The Kier molecular flexibility index (Phi) is 5.07. The van der Waals surface area contributed by atoms with E-state index >= 15 is 0 Å². The molecule has 1 aliphatic rings. The summed E-state index contributed by atoms with van der Waals surface area (Å²) in [5.41, 5.74) is -0.489. The predicted molar refractivity (Wildman–Crippen MR) is 65.0 cm³/mol. The van der Waals surface area contributed by atoms with Crippen molar-refractivity contribution in [1.29, 1.82) is 0 Å². The smallest absolute Gasteiger partial charge is 0.0766 e. The van der Waals surface area contributed by atoms with Gasteiger partial charge >= 0.3 is 0 Å². The average Bonchev–Trinajstić information content (AvgIpc) is 2.28. The zero-order valence-electron chi connectivity index (χ0n) is 10.6. The molecule has 0 aromatic carbocycles. The summed E-state index contributed by atoms with van der Waals surface area (Å²) in [5, 5.41) is 13.7. The summed E-state index contributed by atoms with van der Waals surface area (Å²) in [7, 11) is 0. The van der Waals surface area contributed by atoms with E-state index in [0.717, 1.165) is 25.3 Å². The van der Waals surface area contributed by atoms with Crippen LogP contribution in [-0.4, -0.2) is 23.3 Å². The van der Waals surface area contributed by atoms with E-state index in [1.54, 1.807) is 0 Å². The zero-order valence-corrected chi connectivity index (χ0v) is 10.6. The molecule has 0 aromatic heterocycles. The van der Waals surface area contributed by atoms with Crippen LogP contribution in [0.2, 0.25) is 0 Å². The van der Waals surface area contributed by atoms with Crippen LogP contribution in [-0.2, 0) is 0 Å². The lowest BCUT2D eigenvalue weighted by Gasteiger charge is -2.34. The van der Waals surface area contributed by atoms with Crippen LogP contribution >= 0.6 is 0 Å². The van der Waals surface area contributed by atoms with E-state index in [4.69, 9.17) is 0 Å². The third-order valence-electron chi connectivity index (χ3n) is 4.12. The number of nitrogens with one attached hydrogen (secondary N) is 1. The van der Waals surface area contributed by atoms with Gasteiger partial charge in [0.1, 0.15) is 0 Å². The van der Waals surface area contributed by atoms with Crippen molar-refractivity contribution in [3.63, 3.8) is 0 Å². The van der Waals surface area contributed by atoms with Crippen LogP contribution in [0.3, 0.4) is 0 Å². The Labute approximate surface area is 94.5 Å². The van der Waals surface area contributed by atoms with Crippen LogP contribution in [0.5, 0.6) is 0 Å². The Balaban J connectivity index is 2.34. The monoisotopic (exact) mass is 213 g/mol. The molecule has 2 atom stereocenters. The topological polar surface area (TPSA) is 32.3 Å². The molecule has 0 aliphatic heterocycles. The molecule has 1 saturated carbocycles. The van der Waals surface area contributed by atoms with E-state index < -0.39 is 5.60 Å². The fraction of sp³-hybridized carbons (Fsp3) is 1.00. The van der Waals surface area contributed by atoms with Gasteiger partial charge in [-0.15, -0.1) is 0 Å². The van der Waals surface area contributed by atoms with E-state index in [1.165, 1.54) is 25.7 Å². The Bertz CT molecular complexity index is 177. The molecule has 1 aliphatic carbocycles. The van der Waals surface area contributed by atoms with Gasteiger partial charge in [0, 0.05) is 12.6 Å². The Hall–Kier alpha value is -0.0800. The number of hydrogen-bond donors (Lipinski definition) is 2. The van der Waals surface area contributed by atoms with Gasteiger partial charge in [-0.25, -0.2) is 0 Å². The number of hydrogen-bond acceptors (Lipinski definition) is 2. The molecule has 1 fully saturated rings. The van der Waals surface area contributed by atoms with Crippen LogP contribution in [0.25, 0.3) is 0 Å². The normalized spacial score (nSPS) is 28.0. The van der Waals surface area contributed by atoms with Gasteiger partial charge in [0.25, 0.3) is 0 Å². The van der Waals surface area contributed by atoms with Crippen LogP contribution in [0.1, 0.15) is 59.3 Å². The van der Waals surface area contributed by atoms with E-state index in [0.29, 0.717) is 6.04 Å². The summed E-state index contributed by atoms with van der Waals surface area (Å²) in [5.74, 6) is 0.775. The van der Waals surface area contributed by atoms with E-state index in [-0.39, 0.29) is 0 Å². The molecule has 0 spiro atoms. The van der Waals surface area contributed by atoms with E-state index in [1.807, 2.05) is 0 Å². The number of aliphatic hydroxyl groups is 1. The van der Waals surface area contributed by atoms with Crippen molar-refractivity contribution >= 4 is 0 Å². The maximum Gasteiger partial charge on any atom is 0.0766 e. The molecule has 0 saturated heterocycles. The molecule has 0 amide bonds. The van der Waals surface area contributed by atoms with Gasteiger partial charge in [-0.2, -0.15) is 0 Å². The SMILES string of the molecule is CCC(O)(CC)CNC1CCCCC1C. The summed E-state index contributed by atoms with van der Waals surface area (Å²) in [4.78, 5) is 0. The zero-order chi connectivity index (χ0) is 11.3. The highest BCUT2D eigenvalue weighted by atomic mass is 16.3. The molecule has 0 radical (unpaired) electrons. The van der Waals surface area contributed by atoms with Gasteiger partial charge in [-0.3, -0.25) is 0 Å². The van der Waals surface area contributed by atoms with Crippen molar-refractivity contribution in [3.05, 3.63) is 0 Å². The maximum absolute atomic E-state index is 10.2. The third-order valence-corrected chi connectivity index (χ3v) is 4.12. The first-order valence-electron chi connectivity index (χ1n) is 6.57. The fourth-order valence-electron chi connectivity index (χ4n) is 2.44. The van der Waals surface area contributed by atoms with Crippen molar-refractivity contribution < 1.29 is 5.11 Å². The minimum atomic E-state index is -0.489. The fourth-order valence-corrected chi connectivity index (χ4v) is 2.44. The summed E-state index contributed by atoms with van der Waals surface area (Å²) < 4.78 is 0. The van der Waals surface area contributed by atoms with Gasteiger partial charge in [-0.1, -0.05) is 33.6 Å². The molecule has 90 valence electrons. The molecule has 0 bridgehead atoms. The summed E-state index contributed by atoms with van der Waals surface area (Å²) in [6, 6.07) is 0.628. The van der Waals surface area contributed by atoms with Crippen LogP contribution in [0.4, 0.5) is 0 Å². The van der Waals surface area contributed by atoms with Crippen molar-refractivity contribution in [2.75, 3.05) is 6.54 Å². The first-order chi connectivity index (χ1) is 7.11. The first kappa shape index (κ1) is 13.0. The third kappa shape index (κ3) is 3.76. The predicted octanol–water partition coefficient (Wildman–Crippen LogP) is 2.71. The van der Waals surface area contributed by atoms with Crippen molar-refractivity contribution in [2.45, 2.75) is 70.9 Å². The van der Waals surface area contributed by atoms with Crippen molar-refractivity contribution in [3.8, 4) is 0 Å². The Morgan fingerprint density at radius 2 is 1.80 bits per heavy atom. The highest BCUT2D eigenvalue weighted by Crippen LogP contribution is 2.24. The largest absolute Gasteiger partial charge is 0.389 e. The van der Waals surface area contributed by atoms with Gasteiger partial charge in [0.05, 0.1) is 5.60 Å². The molecule has 2 unspecified atom stereocenters. The Morgan fingerprint density at radius 1 is 1.20 bits per heavy atom. The standard InChI is InChI=1S/C13H27NO/c1-4-13(15,5-2)10-14-12-9-7-6-8-11(12)3/h11-12,14-15H,4-10H2,1-3H3. The van der Waals surface area contributed by atoms with Gasteiger partial charge in [0.2, 0.25) is 0 Å². The molecular weight excluding hydrogens is 186 g/mol. The molecule has 0 aromatic rings. The van der Waals surface area contributed by atoms with E-state index in [9.17, 15) is 5.11 Å². The van der Waals surface area contributed by atoms with Crippen LogP contribution in [0, 0.1) is 5.92 Å². The highest BCUT2D eigenvalue weighted by Gasteiger charge is 2.26. The summed E-state index contributed by atoms with van der Waals surface area (Å²) >= 11 is 0. The quantitative estimate of drug-likeness (QED) is 0.736. The summed E-state index contributed by atoms with van der Waals surface area (Å²) in [6.45, 7) is 7.22. The second-order valence-corrected chi connectivity index (χ2v) is 5.18. The van der Waals surface area contributed by atoms with Crippen molar-refractivity contribution in [2.24, 2.45) is 5.92 Å². The van der Waals surface area contributed by atoms with Gasteiger partial charge < -0.3 is 10.4 Å². The minimum Gasteiger partial charge on any atom is -0.389 e. The minimum absolute atomic E-state index is 0.489. The molecule has 2 nitrogen and oxygen atoms in total. The molecule has 1 rings (SSSR count). The van der Waals surface area contributed by atoms with Gasteiger partial charge in [-0.05, 0) is 31.6 Å². The molecular formula is C13H27NO. The molecule has 15 heavy (non-hydrogen) atoms. The first-order valence-corrected chi connectivity index (χ1v) is 6.57. The van der Waals surface area contributed by atoms with Crippen LogP contribution < -0.4 is 5.32 Å². The number of rotatable bonds is 5. The van der Waals surface area contributed by atoms with Gasteiger partial charge in [0.15, 0.2) is 0 Å². The Morgan fingerprint density at radius 3 is 2.33 bits per heavy atom. The molecule has 0 heterocycles. The maximum atomic E-state index is 10.2. The molecule has 2 N–H and O–H groups in total. The highest BCUT2D eigenvalue weighted by molar-refractivity contribution is 4.84. The lowest BCUT2D eigenvalue weighted by atomic mass is 9.85.